The van der Waals surface area contributed by atoms with Crippen LogP contribution in [0.15, 0.2) is 53.7 Å². The van der Waals surface area contributed by atoms with Gasteiger partial charge in [-0.25, -0.2) is 0 Å². The first-order valence-corrected chi connectivity index (χ1v) is 7.83. The largest absolute Gasteiger partial charge is 0.490 e. The Balaban J connectivity index is 2.06. The van der Waals surface area contributed by atoms with Crippen molar-refractivity contribution in [1.82, 2.24) is 0 Å². The predicted molar refractivity (Wildman–Crippen MR) is 91.6 cm³/mol. The summed E-state index contributed by atoms with van der Waals surface area (Å²) in [5, 5.41) is 11.9. The maximum absolute atomic E-state index is 8.72. The second-order valence-electron chi connectivity index (χ2n) is 5.32. The van der Waals surface area contributed by atoms with E-state index in [1.165, 1.54) is 0 Å². The molecule has 4 heteroatoms. The zero-order valence-electron chi connectivity index (χ0n) is 13.7. The van der Waals surface area contributed by atoms with Gasteiger partial charge in [-0.2, -0.15) is 0 Å². The lowest BCUT2D eigenvalue weighted by Gasteiger charge is -2.13. The predicted octanol–water partition coefficient (Wildman–Crippen LogP) is 4.45. The van der Waals surface area contributed by atoms with E-state index in [1.807, 2.05) is 55.5 Å². The maximum atomic E-state index is 8.72. The highest BCUT2D eigenvalue weighted by molar-refractivity contribution is 5.81. The molecule has 0 bridgehead atoms. The SMILES string of the molecule is CCOc1cc(CC/C(C)=N/O)ccc1OCc1ccccc1. The maximum Gasteiger partial charge on any atom is 0.161 e. The van der Waals surface area contributed by atoms with E-state index < -0.39 is 0 Å². The van der Waals surface area contributed by atoms with E-state index in [0.717, 1.165) is 29.0 Å². The van der Waals surface area contributed by atoms with Gasteiger partial charge in [0.05, 0.1) is 12.3 Å². The van der Waals surface area contributed by atoms with Crippen LogP contribution in [0.1, 0.15) is 31.4 Å². The van der Waals surface area contributed by atoms with Crippen molar-refractivity contribution < 1.29 is 14.7 Å². The molecule has 0 amide bonds. The van der Waals surface area contributed by atoms with E-state index in [9.17, 15) is 0 Å². The average molecular weight is 313 g/mol. The fraction of sp³-hybridized carbons (Fsp3) is 0.316. The van der Waals surface area contributed by atoms with Crippen molar-refractivity contribution in [3.8, 4) is 11.5 Å². The van der Waals surface area contributed by atoms with Crippen molar-refractivity contribution in [2.24, 2.45) is 5.16 Å². The van der Waals surface area contributed by atoms with Gasteiger partial charge in [0.1, 0.15) is 6.61 Å². The Bertz CT molecular complexity index is 638. The van der Waals surface area contributed by atoms with Crippen LogP contribution in [0.4, 0.5) is 0 Å². The molecule has 0 aliphatic carbocycles. The van der Waals surface area contributed by atoms with Crippen LogP contribution >= 0.6 is 0 Å². The van der Waals surface area contributed by atoms with Crippen molar-refractivity contribution in [1.29, 1.82) is 0 Å². The molecule has 0 spiro atoms. The van der Waals surface area contributed by atoms with Crippen molar-refractivity contribution in [2.75, 3.05) is 6.61 Å². The zero-order valence-corrected chi connectivity index (χ0v) is 13.7. The molecule has 23 heavy (non-hydrogen) atoms. The second-order valence-corrected chi connectivity index (χ2v) is 5.32. The number of aryl methyl sites for hydroxylation is 1. The lowest BCUT2D eigenvalue weighted by Crippen LogP contribution is -2.01. The first-order valence-electron chi connectivity index (χ1n) is 7.83. The molecule has 0 saturated carbocycles. The molecular formula is C19H23NO3. The van der Waals surface area contributed by atoms with Gasteiger partial charge in [0.2, 0.25) is 0 Å². The van der Waals surface area contributed by atoms with E-state index in [1.54, 1.807) is 6.92 Å². The van der Waals surface area contributed by atoms with Gasteiger partial charge in [-0.1, -0.05) is 41.6 Å². The molecule has 2 rings (SSSR count). The summed E-state index contributed by atoms with van der Waals surface area (Å²) >= 11 is 0. The summed E-state index contributed by atoms with van der Waals surface area (Å²) in [6, 6.07) is 16.0. The molecule has 0 saturated heterocycles. The smallest absolute Gasteiger partial charge is 0.161 e. The molecule has 1 N–H and O–H groups in total. The third-order valence-corrected chi connectivity index (χ3v) is 3.49. The number of nitrogens with zero attached hydrogens (tertiary/aromatic N) is 1. The summed E-state index contributed by atoms with van der Waals surface area (Å²) in [4.78, 5) is 0. The highest BCUT2D eigenvalue weighted by atomic mass is 16.5. The van der Waals surface area contributed by atoms with Crippen LogP contribution in [-0.4, -0.2) is 17.5 Å². The van der Waals surface area contributed by atoms with Crippen LogP contribution in [-0.2, 0) is 13.0 Å². The summed E-state index contributed by atoms with van der Waals surface area (Å²) in [7, 11) is 0. The number of oxime groups is 1. The fourth-order valence-corrected chi connectivity index (χ4v) is 2.21. The Morgan fingerprint density at radius 2 is 1.78 bits per heavy atom. The molecule has 0 fully saturated rings. The van der Waals surface area contributed by atoms with Crippen molar-refractivity contribution >= 4 is 5.71 Å². The standard InChI is InChI=1S/C19H23NO3/c1-3-22-19-13-16(10-9-15(2)20-21)11-12-18(19)23-14-17-7-5-4-6-8-17/h4-8,11-13,21H,3,9-10,14H2,1-2H3/b20-15+. The number of hydrogen-bond donors (Lipinski definition) is 1. The van der Waals surface area contributed by atoms with Crippen LogP contribution in [0, 0.1) is 0 Å². The van der Waals surface area contributed by atoms with Gasteiger partial charge in [0.15, 0.2) is 11.5 Å². The first kappa shape index (κ1) is 16.9. The molecule has 122 valence electrons. The number of hydrogen-bond acceptors (Lipinski definition) is 4. The summed E-state index contributed by atoms with van der Waals surface area (Å²) in [5.41, 5.74) is 2.96. The molecule has 0 aliphatic heterocycles. The third-order valence-electron chi connectivity index (χ3n) is 3.49. The molecular weight excluding hydrogens is 290 g/mol. The van der Waals surface area contributed by atoms with Crippen molar-refractivity contribution in [3.63, 3.8) is 0 Å². The second kappa shape index (κ2) is 8.83. The number of benzene rings is 2. The molecule has 0 aromatic heterocycles. The van der Waals surface area contributed by atoms with Gasteiger partial charge in [-0.05, 0) is 49.9 Å². The Labute approximate surface area is 137 Å². The summed E-state index contributed by atoms with van der Waals surface area (Å²) in [6.07, 6.45) is 1.52. The Kier molecular flexibility index (Phi) is 6.48. The lowest BCUT2D eigenvalue weighted by molar-refractivity contribution is 0.269. The quantitative estimate of drug-likeness (QED) is 0.445. The van der Waals surface area contributed by atoms with E-state index in [2.05, 4.69) is 5.16 Å². The van der Waals surface area contributed by atoms with E-state index >= 15 is 0 Å². The Morgan fingerprint density at radius 1 is 1.00 bits per heavy atom. The van der Waals surface area contributed by atoms with E-state index in [-0.39, 0.29) is 0 Å². The van der Waals surface area contributed by atoms with Gasteiger partial charge in [-0.15, -0.1) is 0 Å². The van der Waals surface area contributed by atoms with Gasteiger partial charge in [0, 0.05) is 0 Å². The molecule has 0 atom stereocenters. The molecule has 4 nitrogen and oxygen atoms in total. The molecule has 2 aromatic carbocycles. The fourth-order valence-electron chi connectivity index (χ4n) is 2.21. The molecule has 0 heterocycles. The van der Waals surface area contributed by atoms with Crippen LogP contribution in [0.25, 0.3) is 0 Å². The van der Waals surface area contributed by atoms with E-state index in [0.29, 0.717) is 25.3 Å². The average Bonchev–Trinajstić information content (AvgIpc) is 2.60. The van der Waals surface area contributed by atoms with Gasteiger partial charge >= 0.3 is 0 Å². The van der Waals surface area contributed by atoms with Crippen LogP contribution in [0.5, 0.6) is 11.5 Å². The topological polar surface area (TPSA) is 51.0 Å². The lowest BCUT2D eigenvalue weighted by atomic mass is 10.1. The minimum atomic E-state index is 0.510. The number of rotatable bonds is 8. The summed E-state index contributed by atoms with van der Waals surface area (Å²) in [5.74, 6) is 1.49. The third kappa shape index (κ3) is 5.33. The van der Waals surface area contributed by atoms with Gasteiger partial charge in [0.25, 0.3) is 0 Å². The Morgan fingerprint density at radius 3 is 2.48 bits per heavy atom. The zero-order chi connectivity index (χ0) is 16.5. The summed E-state index contributed by atoms with van der Waals surface area (Å²) in [6.45, 7) is 4.86. The Hall–Kier alpha value is -2.49. The molecule has 0 radical (unpaired) electrons. The first-order chi connectivity index (χ1) is 11.2. The molecule has 2 aromatic rings. The summed E-state index contributed by atoms with van der Waals surface area (Å²) < 4.78 is 11.6. The minimum Gasteiger partial charge on any atom is -0.490 e. The van der Waals surface area contributed by atoms with Crippen molar-refractivity contribution in [2.45, 2.75) is 33.3 Å². The van der Waals surface area contributed by atoms with Crippen LogP contribution in [0.3, 0.4) is 0 Å². The normalized spacial score (nSPS) is 11.3. The molecule has 0 unspecified atom stereocenters. The van der Waals surface area contributed by atoms with Crippen LogP contribution < -0.4 is 9.47 Å². The monoisotopic (exact) mass is 313 g/mol. The highest BCUT2D eigenvalue weighted by Crippen LogP contribution is 2.29. The minimum absolute atomic E-state index is 0.510. The van der Waals surface area contributed by atoms with Gasteiger partial charge < -0.3 is 14.7 Å². The highest BCUT2D eigenvalue weighted by Gasteiger charge is 2.07. The van der Waals surface area contributed by atoms with Gasteiger partial charge in [-0.3, -0.25) is 0 Å². The van der Waals surface area contributed by atoms with Crippen molar-refractivity contribution in [3.05, 3.63) is 59.7 Å². The number of ether oxygens (including phenoxy) is 2. The van der Waals surface area contributed by atoms with E-state index in [4.69, 9.17) is 14.7 Å². The molecule has 0 aliphatic rings. The van der Waals surface area contributed by atoms with Crippen LogP contribution in [0.2, 0.25) is 0 Å².